The van der Waals surface area contributed by atoms with Crippen molar-refractivity contribution in [2.24, 2.45) is 0 Å². The Balaban J connectivity index is 0.963. The molecule has 0 N–H and O–H groups in total. The van der Waals surface area contributed by atoms with Gasteiger partial charge in [-0.2, -0.15) is 13.2 Å². The van der Waals surface area contributed by atoms with E-state index in [1.165, 1.54) is 0 Å². The fourth-order valence-electron chi connectivity index (χ4n) is 16.3. The van der Waals surface area contributed by atoms with Gasteiger partial charge in [-0.05, 0) is 83.3 Å². The van der Waals surface area contributed by atoms with Crippen LogP contribution in [0.3, 0.4) is 0 Å². The lowest BCUT2D eigenvalue weighted by molar-refractivity contribution is -0.137. The van der Waals surface area contributed by atoms with E-state index in [4.69, 9.17) is 59.8 Å². The summed E-state index contributed by atoms with van der Waals surface area (Å²) in [6, 6.07) is 111. The van der Waals surface area contributed by atoms with Crippen molar-refractivity contribution in [3.8, 4) is 136 Å². The fourth-order valence-corrected chi connectivity index (χ4v) is 16.3. The van der Waals surface area contributed by atoms with Gasteiger partial charge in [0, 0.05) is 77.2 Å². The first kappa shape index (κ1) is 69.9. The Morgan fingerprint density at radius 3 is 0.839 bits per heavy atom. The van der Waals surface area contributed by atoms with Crippen LogP contribution in [0.1, 0.15) is 33.9 Å². The van der Waals surface area contributed by atoms with E-state index in [1.54, 1.807) is 13.0 Å². The van der Waals surface area contributed by atoms with Crippen LogP contribution in [-0.2, 0) is 11.6 Å². The molecule has 4 bridgehead atoms. The summed E-state index contributed by atoms with van der Waals surface area (Å²) in [6.45, 7) is 11.0. The number of halogens is 3. The maximum atomic E-state index is 15.5. The van der Waals surface area contributed by atoms with Gasteiger partial charge in [0.2, 0.25) is 0 Å². The molecule has 7 heterocycles. The van der Waals surface area contributed by atoms with Crippen molar-refractivity contribution in [2.45, 2.75) is 18.5 Å². The molecule has 6 aromatic heterocycles. The average molecular weight is 1530 g/mol. The van der Waals surface area contributed by atoms with E-state index in [0.29, 0.717) is 142 Å². The van der Waals surface area contributed by atoms with E-state index in [9.17, 15) is 6.57 Å². The zero-order valence-electron chi connectivity index (χ0n) is 62.8. The Hall–Kier alpha value is -16.0. The van der Waals surface area contributed by atoms with Crippen molar-refractivity contribution in [1.29, 1.82) is 0 Å². The molecule has 556 valence electrons. The molecule has 21 rings (SSSR count). The van der Waals surface area contributed by atoms with Crippen molar-refractivity contribution >= 4 is 49.3 Å². The largest absolute Gasteiger partial charge is 0.416 e. The highest BCUT2D eigenvalue weighted by Crippen LogP contribution is 2.52. The first-order valence-corrected chi connectivity index (χ1v) is 38.3. The van der Waals surface area contributed by atoms with E-state index in [2.05, 4.69) is 74.6 Å². The number of nitrogens with zero attached hydrogens (tertiary/aromatic N) is 15. The van der Waals surface area contributed by atoms with Gasteiger partial charge in [0.15, 0.2) is 75.6 Å². The topological polar surface area (TPSA) is 169 Å². The van der Waals surface area contributed by atoms with Gasteiger partial charge < -0.3 is 9.13 Å². The summed E-state index contributed by atoms with van der Waals surface area (Å²) in [5.74, 6) is 4.54. The summed E-state index contributed by atoms with van der Waals surface area (Å²) in [5, 5.41) is 3.12. The number of alkyl halides is 3. The maximum absolute atomic E-state index is 15.5. The van der Waals surface area contributed by atoms with Crippen molar-refractivity contribution in [1.82, 2.24) is 68.9 Å². The van der Waals surface area contributed by atoms with Crippen LogP contribution in [0.4, 0.5) is 18.9 Å². The van der Waals surface area contributed by atoms with Gasteiger partial charge in [0.05, 0.1) is 45.6 Å². The van der Waals surface area contributed by atoms with Crippen LogP contribution in [0.5, 0.6) is 0 Å². The van der Waals surface area contributed by atoms with E-state index < -0.39 is 17.2 Å². The second-order valence-corrected chi connectivity index (χ2v) is 29.1. The molecule has 0 unspecified atom stereocenters. The molecule has 118 heavy (non-hydrogen) atoms. The fraction of sp³-hybridized carbons (Fsp3) is 0.0300. The molecule has 0 saturated heterocycles. The Kier molecular flexibility index (Phi) is 16.8. The van der Waals surface area contributed by atoms with Gasteiger partial charge in [-0.15, -0.1) is 0 Å². The van der Waals surface area contributed by atoms with Gasteiger partial charge in [0.25, 0.3) is 0 Å². The van der Waals surface area contributed by atoms with E-state index >= 15 is 13.2 Å². The molecule has 1 aliphatic rings. The van der Waals surface area contributed by atoms with Gasteiger partial charge in [-0.1, -0.05) is 297 Å². The Bertz CT molecular complexity index is 7060. The molecule has 15 nitrogen and oxygen atoms in total. The van der Waals surface area contributed by atoms with Crippen molar-refractivity contribution < 1.29 is 13.2 Å². The lowest BCUT2D eigenvalue weighted by Crippen LogP contribution is -2.36. The van der Waals surface area contributed by atoms with Crippen LogP contribution in [0, 0.1) is 13.5 Å². The summed E-state index contributed by atoms with van der Waals surface area (Å²) in [5.41, 5.74) is 10.1. The van der Waals surface area contributed by atoms with Crippen LogP contribution in [0.15, 0.2) is 346 Å². The number of aromatic nitrogens is 14. The molecular formula is C100H60F3N15. The lowest BCUT2D eigenvalue weighted by Gasteiger charge is -2.33. The zero-order valence-corrected chi connectivity index (χ0v) is 62.8. The summed E-state index contributed by atoms with van der Waals surface area (Å²) in [4.78, 5) is 69.6. The van der Waals surface area contributed by atoms with Crippen molar-refractivity contribution in [2.75, 3.05) is 0 Å². The van der Waals surface area contributed by atoms with Crippen molar-refractivity contribution in [3.63, 3.8) is 0 Å². The first-order valence-electron chi connectivity index (χ1n) is 38.3. The maximum Gasteiger partial charge on any atom is 0.416 e. The number of fused-ring (bicyclic) bond motifs is 11. The van der Waals surface area contributed by atoms with E-state index in [1.807, 2.05) is 267 Å². The predicted molar refractivity (Wildman–Crippen MR) is 456 cm³/mol. The van der Waals surface area contributed by atoms with E-state index in [-0.39, 0.29) is 28.5 Å². The van der Waals surface area contributed by atoms with Crippen LogP contribution in [-0.4, -0.2) is 68.9 Å². The van der Waals surface area contributed by atoms with Crippen LogP contribution >= 0.6 is 0 Å². The van der Waals surface area contributed by atoms with Crippen LogP contribution in [0.2, 0.25) is 0 Å². The summed E-state index contributed by atoms with van der Waals surface area (Å²) >= 11 is 0. The number of aryl methyl sites for hydroxylation is 1. The third-order valence-corrected chi connectivity index (χ3v) is 21.8. The Morgan fingerprint density at radius 1 is 0.271 bits per heavy atom. The van der Waals surface area contributed by atoms with Crippen LogP contribution in [0.25, 0.3) is 185 Å². The minimum atomic E-state index is -4.75. The minimum Gasteiger partial charge on any atom is -0.308 e. The first-order chi connectivity index (χ1) is 57.9. The standard InChI is InChI=1S/C100H60F3N15/c1-60-51-71(53-74(52-60)100(101,102)103)79-58-85-86(59-80(79)104-2)118-82-55-70(96-109-89(63-31-15-5-16-32-63)106-90(110-96)64-33-17-6-18-34-64)44-48-76(82)78-50-46-73(57-84(78)118)99(97-113-91(65-35-19-7-20-36-65)111-92(114-97)66-37-21-8-22-38-66,98-115-93(67-39-23-9-24-40-67)112-94(116-98)68-41-25-10-26-42-68)72-45-49-77-75-47-43-69(54-81(75)117(85)83(77)56-72)95-107-87(61-27-11-3-12-28-61)105-88(108-95)62-29-13-4-14-30-62/h3-59H,1H3. The third kappa shape index (κ3) is 12.2. The van der Waals surface area contributed by atoms with Gasteiger partial charge >= 0.3 is 6.18 Å². The molecule has 0 radical (unpaired) electrons. The summed E-state index contributed by atoms with van der Waals surface area (Å²) in [7, 11) is 0. The predicted octanol–water partition coefficient (Wildman–Crippen LogP) is 23.5. The number of benzene rings is 14. The highest BCUT2D eigenvalue weighted by molar-refractivity contribution is 6.14. The van der Waals surface area contributed by atoms with Crippen LogP contribution < -0.4 is 0 Å². The third-order valence-electron chi connectivity index (χ3n) is 21.8. The van der Waals surface area contributed by atoms with Gasteiger partial charge in [-0.25, -0.2) is 64.7 Å². The number of hydrogen-bond acceptors (Lipinski definition) is 12. The second-order valence-electron chi connectivity index (χ2n) is 29.1. The highest BCUT2D eigenvalue weighted by Gasteiger charge is 2.47. The molecule has 0 fully saturated rings. The minimum absolute atomic E-state index is 0.0785. The molecule has 0 aliphatic carbocycles. The SMILES string of the molecule is [C-]#[N+]c1cc2c(cc1-c1cc(C)cc(C(F)(F)F)c1)-n1c3cc(-c4nc(-c5ccccc5)nc(-c5ccccc5)n4)ccc3c3ccc(cc31)C(c1nc(-c3ccccc3)nc(-c3ccccc3)n1)(c1nc(-c3ccccc3)nc(-c3ccccc3)n1)c1ccc3c4ccc(-c5nc(-c6ccccc6)nc(-c6ccccc6)n5)cc4n-2c3c1. The molecule has 0 saturated carbocycles. The van der Waals surface area contributed by atoms with Gasteiger partial charge in [-0.3, -0.25) is 0 Å². The zero-order chi connectivity index (χ0) is 79.2. The van der Waals surface area contributed by atoms with Crippen molar-refractivity contribution in [3.05, 3.63) is 391 Å². The number of hydrogen-bond donors (Lipinski definition) is 0. The Labute approximate surface area is 673 Å². The Morgan fingerprint density at radius 2 is 0.542 bits per heavy atom. The quantitative estimate of drug-likeness (QED) is 0.100. The molecule has 18 heteroatoms. The lowest BCUT2D eigenvalue weighted by atomic mass is 9.72. The molecule has 0 spiro atoms. The molecule has 14 aromatic carbocycles. The second kappa shape index (κ2) is 28.3. The highest BCUT2D eigenvalue weighted by atomic mass is 19.4. The monoisotopic (exact) mass is 1530 g/mol. The molecule has 0 atom stereocenters. The summed E-state index contributed by atoms with van der Waals surface area (Å²) < 4.78 is 50.8. The molecule has 1 aliphatic heterocycles. The molecular weight excluding hydrogens is 1470 g/mol. The van der Waals surface area contributed by atoms with Gasteiger partial charge in [0.1, 0.15) is 5.41 Å². The number of rotatable bonds is 13. The summed E-state index contributed by atoms with van der Waals surface area (Å²) in [6.07, 6.45) is -4.75. The van der Waals surface area contributed by atoms with E-state index in [0.717, 1.165) is 55.9 Å². The average Bonchev–Trinajstić information content (AvgIpc) is 1.50. The normalized spacial score (nSPS) is 12.3. The molecule has 0 amide bonds. The smallest absolute Gasteiger partial charge is 0.308 e. The molecule has 20 aromatic rings.